The molecule has 25 heavy (non-hydrogen) atoms. The first-order valence-corrected chi connectivity index (χ1v) is 7.98. The Morgan fingerprint density at radius 2 is 1.92 bits per heavy atom. The number of amides is 1. The smallest absolute Gasteiger partial charge is 0.277 e. The summed E-state index contributed by atoms with van der Waals surface area (Å²) in [5.74, 6) is 0.911. The minimum atomic E-state index is -0.385. The molecular weight excluding hydrogens is 320 g/mol. The predicted octanol–water partition coefficient (Wildman–Crippen LogP) is 2.94. The molecule has 6 heteroatoms. The number of hydrogen-bond acceptors (Lipinski definition) is 5. The third-order valence-corrected chi connectivity index (χ3v) is 3.46. The number of benzene rings is 2. The van der Waals surface area contributed by atoms with Crippen molar-refractivity contribution in [2.24, 2.45) is 5.10 Å². The maximum atomic E-state index is 11.8. The van der Waals surface area contributed by atoms with E-state index in [1.54, 1.807) is 12.1 Å². The highest BCUT2D eigenvalue weighted by molar-refractivity contribution is 5.85. The summed E-state index contributed by atoms with van der Waals surface area (Å²) in [6, 6.07) is 10.7. The molecule has 0 aromatic heterocycles. The highest BCUT2D eigenvalue weighted by Gasteiger charge is 2.07. The summed E-state index contributed by atoms with van der Waals surface area (Å²) in [7, 11) is 0. The maximum absolute atomic E-state index is 11.8. The van der Waals surface area contributed by atoms with E-state index >= 15 is 0 Å². The Morgan fingerprint density at radius 1 is 1.20 bits per heavy atom. The van der Waals surface area contributed by atoms with Gasteiger partial charge in [-0.25, -0.2) is 5.43 Å². The fraction of sp³-hybridized carbons (Fsp3) is 0.263. The average Bonchev–Trinajstić information content (AvgIpc) is 2.56. The number of phenols is 1. The van der Waals surface area contributed by atoms with E-state index in [2.05, 4.69) is 10.5 Å². The number of carbonyl (C=O) groups is 1. The largest absolute Gasteiger partial charge is 0.507 e. The quantitative estimate of drug-likeness (QED) is 0.599. The van der Waals surface area contributed by atoms with Gasteiger partial charge in [-0.1, -0.05) is 18.2 Å². The van der Waals surface area contributed by atoms with E-state index < -0.39 is 0 Å². The van der Waals surface area contributed by atoms with Crippen molar-refractivity contribution >= 4 is 12.1 Å². The van der Waals surface area contributed by atoms with Gasteiger partial charge >= 0.3 is 0 Å². The molecule has 2 aromatic carbocycles. The van der Waals surface area contributed by atoms with E-state index in [1.165, 1.54) is 12.3 Å². The van der Waals surface area contributed by atoms with Gasteiger partial charge in [0.05, 0.1) is 12.8 Å². The summed E-state index contributed by atoms with van der Waals surface area (Å²) >= 11 is 0. The lowest BCUT2D eigenvalue weighted by Gasteiger charge is -2.10. The summed E-state index contributed by atoms with van der Waals surface area (Å²) in [5, 5.41) is 13.7. The van der Waals surface area contributed by atoms with E-state index in [-0.39, 0.29) is 18.3 Å². The Hall–Kier alpha value is -3.02. The number of rotatable bonds is 7. The van der Waals surface area contributed by atoms with Crippen molar-refractivity contribution < 1.29 is 19.4 Å². The Labute approximate surface area is 147 Å². The first-order valence-electron chi connectivity index (χ1n) is 7.98. The highest BCUT2D eigenvalue weighted by Crippen LogP contribution is 2.23. The van der Waals surface area contributed by atoms with Crippen molar-refractivity contribution in [2.45, 2.75) is 20.8 Å². The summed E-state index contributed by atoms with van der Waals surface area (Å²) in [6.07, 6.45) is 1.36. The van der Waals surface area contributed by atoms with Crippen LogP contribution in [0.15, 0.2) is 41.5 Å². The average molecular weight is 342 g/mol. The molecule has 0 saturated heterocycles. The predicted molar refractivity (Wildman–Crippen MR) is 96.4 cm³/mol. The van der Waals surface area contributed by atoms with Gasteiger partial charge < -0.3 is 14.6 Å². The Kier molecular flexibility index (Phi) is 6.39. The number of hydrazone groups is 1. The van der Waals surface area contributed by atoms with Crippen LogP contribution in [-0.4, -0.2) is 30.4 Å². The van der Waals surface area contributed by atoms with Gasteiger partial charge in [0.25, 0.3) is 5.91 Å². The molecule has 0 saturated carbocycles. The standard InChI is InChI=1S/C19H22N2O4/c1-4-24-16-9-8-15(17(22)10-16)11-20-21-18(23)12-25-19-13(2)6-5-7-14(19)3/h5-11,22H,4,12H2,1-3H3,(H,21,23)/b20-11+. The molecule has 0 spiro atoms. The highest BCUT2D eigenvalue weighted by atomic mass is 16.5. The van der Waals surface area contributed by atoms with Gasteiger partial charge in [0, 0.05) is 11.6 Å². The Balaban J connectivity index is 1.88. The second kappa shape index (κ2) is 8.73. The van der Waals surface area contributed by atoms with Gasteiger partial charge in [-0.2, -0.15) is 5.10 Å². The van der Waals surface area contributed by atoms with E-state index in [0.29, 0.717) is 23.7 Å². The fourth-order valence-corrected chi connectivity index (χ4v) is 2.26. The molecule has 2 aromatic rings. The number of phenolic OH excluding ortho intramolecular Hbond substituents is 1. The van der Waals surface area contributed by atoms with Crippen molar-refractivity contribution in [1.82, 2.24) is 5.43 Å². The minimum absolute atomic E-state index is 0.0238. The van der Waals surface area contributed by atoms with Crippen molar-refractivity contribution in [3.8, 4) is 17.2 Å². The van der Waals surface area contributed by atoms with Crippen molar-refractivity contribution in [3.63, 3.8) is 0 Å². The third-order valence-electron chi connectivity index (χ3n) is 3.46. The molecule has 1 amide bonds. The second-order valence-electron chi connectivity index (χ2n) is 5.46. The molecule has 2 N–H and O–H groups in total. The van der Waals surface area contributed by atoms with Crippen LogP contribution < -0.4 is 14.9 Å². The Morgan fingerprint density at radius 3 is 2.56 bits per heavy atom. The van der Waals surface area contributed by atoms with Crippen LogP contribution in [0, 0.1) is 13.8 Å². The lowest BCUT2D eigenvalue weighted by molar-refractivity contribution is -0.123. The Bertz CT molecular complexity index is 752. The molecule has 0 fully saturated rings. The monoisotopic (exact) mass is 342 g/mol. The first-order chi connectivity index (χ1) is 12.0. The SMILES string of the molecule is CCOc1ccc(/C=N/NC(=O)COc2c(C)cccc2C)c(O)c1. The normalized spacial score (nSPS) is 10.7. The van der Waals surface area contributed by atoms with Crippen molar-refractivity contribution in [3.05, 3.63) is 53.1 Å². The van der Waals surface area contributed by atoms with Crippen molar-refractivity contribution in [2.75, 3.05) is 13.2 Å². The fourth-order valence-electron chi connectivity index (χ4n) is 2.26. The molecule has 2 rings (SSSR count). The van der Waals surface area contributed by atoms with Crippen LogP contribution in [0.2, 0.25) is 0 Å². The van der Waals surface area contributed by atoms with E-state index in [4.69, 9.17) is 9.47 Å². The zero-order valence-corrected chi connectivity index (χ0v) is 14.6. The minimum Gasteiger partial charge on any atom is -0.507 e. The van der Waals surface area contributed by atoms with E-state index in [0.717, 1.165) is 11.1 Å². The first kappa shape index (κ1) is 18.3. The molecule has 0 atom stereocenters. The number of nitrogens with zero attached hydrogens (tertiary/aromatic N) is 1. The van der Waals surface area contributed by atoms with Gasteiger partial charge in [-0.15, -0.1) is 0 Å². The topological polar surface area (TPSA) is 80.2 Å². The van der Waals surface area contributed by atoms with E-state index in [9.17, 15) is 9.90 Å². The number of carbonyl (C=O) groups excluding carboxylic acids is 1. The zero-order chi connectivity index (χ0) is 18.2. The van der Waals surface area contributed by atoms with Crippen LogP contribution in [0.1, 0.15) is 23.6 Å². The lowest BCUT2D eigenvalue weighted by atomic mass is 10.1. The number of hydrogen-bond donors (Lipinski definition) is 2. The van der Waals surface area contributed by atoms with Crippen LogP contribution in [0.3, 0.4) is 0 Å². The molecule has 0 aliphatic carbocycles. The van der Waals surface area contributed by atoms with Crippen LogP contribution in [0.5, 0.6) is 17.2 Å². The number of aromatic hydroxyl groups is 1. The molecule has 0 bridgehead atoms. The van der Waals surface area contributed by atoms with Crippen LogP contribution in [-0.2, 0) is 4.79 Å². The van der Waals surface area contributed by atoms with Gasteiger partial charge in [-0.05, 0) is 44.0 Å². The van der Waals surface area contributed by atoms with Crippen LogP contribution in [0.25, 0.3) is 0 Å². The van der Waals surface area contributed by atoms with Gasteiger partial charge in [0.15, 0.2) is 6.61 Å². The summed E-state index contributed by atoms with van der Waals surface area (Å²) in [5.41, 5.74) is 4.78. The van der Waals surface area contributed by atoms with Gasteiger partial charge in [0.1, 0.15) is 17.2 Å². The van der Waals surface area contributed by atoms with Crippen LogP contribution in [0.4, 0.5) is 0 Å². The molecular formula is C19H22N2O4. The molecule has 6 nitrogen and oxygen atoms in total. The molecule has 0 aliphatic rings. The number of para-hydroxylation sites is 1. The number of aryl methyl sites for hydroxylation is 2. The summed E-state index contributed by atoms with van der Waals surface area (Å²) in [4.78, 5) is 11.8. The third kappa shape index (κ3) is 5.24. The zero-order valence-electron chi connectivity index (χ0n) is 14.6. The molecule has 0 radical (unpaired) electrons. The maximum Gasteiger partial charge on any atom is 0.277 e. The van der Waals surface area contributed by atoms with Gasteiger partial charge in [0.2, 0.25) is 0 Å². The van der Waals surface area contributed by atoms with Gasteiger partial charge in [-0.3, -0.25) is 4.79 Å². The molecule has 132 valence electrons. The number of nitrogens with one attached hydrogen (secondary N) is 1. The second-order valence-corrected chi connectivity index (χ2v) is 5.46. The lowest BCUT2D eigenvalue weighted by Crippen LogP contribution is -2.25. The molecule has 0 aliphatic heterocycles. The molecule has 0 unspecified atom stereocenters. The number of ether oxygens (including phenoxy) is 2. The summed E-state index contributed by atoms with van der Waals surface area (Å²) < 4.78 is 10.8. The van der Waals surface area contributed by atoms with Crippen molar-refractivity contribution in [1.29, 1.82) is 0 Å². The molecule has 0 heterocycles. The van der Waals surface area contributed by atoms with Crippen LogP contribution >= 0.6 is 0 Å². The van der Waals surface area contributed by atoms with E-state index in [1.807, 2.05) is 39.0 Å². The summed E-state index contributed by atoms with van der Waals surface area (Å²) in [6.45, 7) is 6.09.